The van der Waals surface area contributed by atoms with E-state index in [2.05, 4.69) is 15.9 Å². The monoisotopic (exact) mass is 314 g/mol. The Morgan fingerprint density at radius 1 is 1.25 bits per heavy atom. The molecular formula is C8H9BrF2N2O2S. The third kappa shape index (κ3) is 2.89. The number of hydrogen-bond acceptors (Lipinski definition) is 2. The van der Waals surface area contributed by atoms with Gasteiger partial charge in [-0.05, 0) is 22.0 Å². The predicted octanol–water partition coefficient (Wildman–Crippen LogP) is 1.95. The summed E-state index contributed by atoms with van der Waals surface area (Å²) in [6.07, 6.45) is 0. The Labute approximate surface area is 101 Å². The van der Waals surface area contributed by atoms with Crippen LogP contribution < -0.4 is 4.72 Å². The Bertz CT molecular complexity index is 505. The van der Waals surface area contributed by atoms with E-state index in [9.17, 15) is 17.2 Å². The van der Waals surface area contributed by atoms with Crippen molar-refractivity contribution in [2.45, 2.75) is 0 Å². The smallest absolute Gasteiger partial charge is 0.268 e. The van der Waals surface area contributed by atoms with Gasteiger partial charge in [-0.25, -0.2) is 8.78 Å². The predicted molar refractivity (Wildman–Crippen MR) is 60.3 cm³/mol. The van der Waals surface area contributed by atoms with Crippen LogP contribution in [0.2, 0.25) is 0 Å². The zero-order chi connectivity index (χ0) is 12.5. The SMILES string of the molecule is CN(C)S(=O)(=O)Nc1cc(F)c(Br)cc1F. The zero-order valence-corrected chi connectivity index (χ0v) is 10.9. The van der Waals surface area contributed by atoms with Gasteiger partial charge in [0.05, 0.1) is 10.2 Å². The van der Waals surface area contributed by atoms with Crippen LogP contribution in [0.5, 0.6) is 0 Å². The van der Waals surface area contributed by atoms with E-state index in [1.54, 1.807) is 0 Å². The summed E-state index contributed by atoms with van der Waals surface area (Å²) >= 11 is 2.79. The van der Waals surface area contributed by atoms with Crippen molar-refractivity contribution in [3.63, 3.8) is 0 Å². The third-order valence-electron chi connectivity index (χ3n) is 1.73. The molecule has 0 aliphatic heterocycles. The lowest BCUT2D eigenvalue weighted by Gasteiger charge is -2.14. The van der Waals surface area contributed by atoms with Crippen LogP contribution in [0.4, 0.5) is 14.5 Å². The molecule has 1 rings (SSSR count). The van der Waals surface area contributed by atoms with Gasteiger partial charge in [0.15, 0.2) is 0 Å². The molecule has 1 aromatic rings. The first kappa shape index (κ1) is 13.3. The number of benzene rings is 1. The fourth-order valence-electron chi connectivity index (χ4n) is 0.831. The molecule has 0 fully saturated rings. The van der Waals surface area contributed by atoms with Crippen LogP contribution in [0.1, 0.15) is 0 Å². The van der Waals surface area contributed by atoms with Crippen molar-refractivity contribution >= 4 is 31.8 Å². The summed E-state index contributed by atoms with van der Waals surface area (Å²) in [6.45, 7) is 0. The number of halogens is 3. The summed E-state index contributed by atoms with van der Waals surface area (Å²) in [5.41, 5.74) is -0.436. The second-order valence-corrected chi connectivity index (χ2v) is 5.87. The Kier molecular flexibility index (Phi) is 3.87. The number of anilines is 1. The van der Waals surface area contributed by atoms with Gasteiger partial charge in [0.25, 0.3) is 0 Å². The lowest BCUT2D eigenvalue weighted by molar-refractivity contribution is 0.525. The normalized spacial score (nSPS) is 11.9. The standard InChI is InChI=1S/C8H9BrF2N2O2S/c1-13(2)16(14,15)12-8-4-6(10)5(9)3-7(8)11/h3-4,12H,1-2H3. The van der Waals surface area contributed by atoms with Gasteiger partial charge >= 0.3 is 10.2 Å². The second-order valence-electron chi connectivity index (χ2n) is 3.14. The molecule has 90 valence electrons. The highest BCUT2D eigenvalue weighted by atomic mass is 79.9. The number of hydrogen-bond donors (Lipinski definition) is 1. The van der Waals surface area contributed by atoms with E-state index >= 15 is 0 Å². The fraction of sp³-hybridized carbons (Fsp3) is 0.250. The van der Waals surface area contributed by atoms with Crippen LogP contribution in [0.3, 0.4) is 0 Å². The van der Waals surface area contributed by atoms with Gasteiger partial charge < -0.3 is 0 Å². The molecule has 0 spiro atoms. The van der Waals surface area contributed by atoms with E-state index in [-0.39, 0.29) is 4.47 Å². The number of nitrogens with one attached hydrogen (secondary N) is 1. The molecule has 0 amide bonds. The van der Waals surface area contributed by atoms with Crippen LogP contribution in [-0.4, -0.2) is 26.8 Å². The van der Waals surface area contributed by atoms with Crippen LogP contribution >= 0.6 is 15.9 Å². The van der Waals surface area contributed by atoms with E-state index in [0.29, 0.717) is 0 Å². The number of rotatable bonds is 3. The first-order chi connectivity index (χ1) is 7.24. The average molecular weight is 315 g/mol. The second kappa shape index (κ2) is 4.64. The van der Waals surface area contributed by atoms with Crippen molar-refractivity contribution in [2.24, 2.45) is 0 Å². The maximum absolute atomic E-state index is 13.3. The summed E-state index contributed by atoms with van der Waals surface area (Å²) in [7, 11) is -1.30. The zero-order valence-electron chi connectivity index (χ0n) is 8.46. The lowest BCUT2D eigenvalue weighted by Crippen LogP contribution is -2.29. The molecule has 16 heavy (non-hydrogen) atoms. The van der Waals surface area contributed by atoms with E-state index in [1.165, 1.54) is 14.1 Å². The minimum atomic E-state index is -3.84. The Hall–Kier alpha value is -0.730. The van der Waals surface area contributed by atoms with Gasteiger partial charge in [-0.15, -0.1) is 0 Å². The summed E-state index contributed by atoms with van der Waals surface area (Å²) in [4.78, 5) is 0. The van der Waals surface area contributed by atoms with Gasteiger partial charge in [0, 0.05) is 20.2 Å². The first-order valence-electron chi connectivity index (χ1n) is 4.09. The molecule has 0 atom stereocenters. The molecule has 0 heterocycles. The number of nitrogens with zero attached hydrogens (tertiary/aromatic N) is 1. The summed E-state index contributed by atoms with van der Waals surface area (Å²) in [5.74, 6) is -1.61. The van der Waals surface area contributed by atoms with Crippen molar-refractivity contribution in [1.29, 1.82) is 0 Å². The third-order valence-corrected chi connectivity index (χ3v) is 3.78. The molecule has 0 radical (unpaired) electrons. The summed E-state index contributed by atoms with van der Waals surface area (Å²) < 4.78 is 51.8. The molecule has 8 heteroatoms. The molecule has 0 unspecified atom stereocenters. The largest absolute Gasteiger partial charge is 0.301 e. The van der Waals surface area contributed by atoms with Crippen LogP contribution in [0.25, 0.3) is 0 Å². The molecule has 0 saturated carbocycles. The Balaban J connectivity index is 3.13. The molecule has 0 aliphatic rings. The Morgan fingerprint density at radius 3 is 2.31 bits per heavy atom. The summed E-state index contributed by atoms with van der Waals surface area (Å²) in [6, 6.07) is 1.61. The highest BCUT2D eigenvalue weighted by molar-refractivity contribution is 9.10. The van der Waals surface area contributed by atoms with Gasteiger partial charge in [0.1, 0.15) is 11.6 Å². The van der Waals surface area contributed by atoms with Crippen LogP contribution in [0, 0.1) is 11.6 Å². The molecule has 1 N–H and O–H groups in total. The minimum absolute atomic E-state index is 0.0715. The highest BCUT2D eigenvalue weighted by Crippen LogP contribution is 2.24. The molecule has 4 nitrogen and oxygen atoms in total. The quantitative estimate of drug-likeness (QED) is 0.867. The maximum atomic E-state index is 13.3. The maximum Gasteiger partial charge on any atom is 0.301 e. The van der Waals surface area contributed by atoms with Crippen LogP contribution in [-0.2, 0) is 10.2 Å². The van der Waals surface area contributed by atoms with Gasteiger partial charge in [-0.2, -0.15) is 12.7 Å². The Morgan fingerprint density at radius 2 is 1.81 bits per heavy atom. The van der Waals surface area contributed by atoms with Crippen molar-refractivity contribution in [2.75, 3.05) is 18.8 Å². The van der Waals surface area contributed by atoms with Gasteiger partial charge in [-0.3, -0.25) is 4.72 Å². The topological polar surface area (TPSA) is 49.4 Å². The molecule has 0 aliphatic carbocycles. The van der Waals surface area contributed by atoms with Crippen molar-refractivity contribution in [1.82, 2.24) is 4.31 Å². The van der Waals surface area contributed by atoms with Crippen molar-refractivity contribution < 1.29 is 17.2 Å². The lowest BCUT2D eigenvalue weighted by atomic mass is 10.3. The van der Waals surface area contributed by atoms with Gasteiger partial charge in [0.2, 0.25) is 0 Å². The van der Waals surface area contributed by atoms with E-state index < -0.39 is 27.5 Å². The van der Waals surface area contributed by atoms with E-state index in [4.69, 9.17) is 0 Å². The summed E-state index contributed by atoms with van der Waals surface area (Å²) in [5, 5.41) is 0. The minimum Gasteiger partial charge on any atom is -0.268 e. The highest BCUT2D eigenvalue weighted by Gasteiger charge is 2.17. The van der Waals surface area contributed by atoms with E-state index in [1.807, 2.05) is 4.72 Å². The molecule has 0 saturated heterocycles. The molecular weight excluding hydrogens is 306 g/mol. The van der Waals surface area contributed by atoms with Crippen LogP contribution in [0.15, 0.2) is 16.6 Å². The van der Waals surface area contributed by atoms with Crippen molar-refractivity contribution in [3.8, 4) is 0 Å². The molecule has 0 aromatic heterocycles. The van der Waals surface area contributed by atoms with Gasteiger partial charge in [-0.1, -0.05) is 0 Å². The first-order valence-corrected chi connectivity index (χ1v) is 6.32. The van der Waals surface area contributed by atoms with Crippen molar-refractivity contribution in [3.05, 3.63) is 28.2 Å². The molecule has 1 aromatic carbocycles. The van der Waals surface area contributed by atoms with E-state index in [0.717, 1.165) is 16.4 Å². The fourth-order valence-corrected chi connectivity index (χ4v) is 1.76. The average Bonchev–Trinajstić information content (AvgIpc) is 2.13. The molecule has 0 bridgehead atoms.